The van der Waals surface area contributed by atoms with Crippen LogP contribution in [0, 0.1) is 0 Å². The molecule has 0 radical (unpaired) electrons. The summed E-state index contributed by atoms with van der Waals surface area (Å²) in [6.45, 7) is 9.85. The van der Waals surface area contributed by atoms with Gasteiger partial charge in [0.15, 0.2) is 5.82 Å². The molecule has 6 heteroatoms. The molecule has 0 saturated carbocycles. The number of hydrogen-bond acceptors (Lipinski definition) is 3. The van der Waals surface area contributed by atoms with Crippen LogP contribution in [0.15, 0.2) is 6.07 Å². The Kier molecular flexibility index (Phi) is 8.37. The largest absolute Gasteiger partial charge is 0.343 e. The summed E-state index contributed by atoms with van der Waals surface area (Å²) < 4.78 is 0. The van der Waals surface area contributed by atoms with Gasteiger partial charge in [0.2, 0.25) is 11.8 Å². The molecule has 0 spiro atoms. The molecule has 0 fully saturated rings. The third kappa shape index (κ3) is 6.84. The average Bonchev–Trinajstić information content (AvgIpc) is 2.95. The highest BCUT2D eigenvalue weighted by Crippen LogP contribution is 2.15. The van der Waals surface area contributed by atoms with Crippen molar-refractivity contribution in [3.05, 3.63) is 11.8 Å². The topological polar surface area (TPSA) is 78.1 Å². The minimum Gasteiger partial charge on any atom is -0.343 e. The van der Waals surface area contributed by atoms with Crippen LogP contribution in [-0.4, -0.2) is 40.0 Å². The van der Waals surface area contributed by atoms with Crippen molar-refractivity contribution in [2.24, 2.45) is 0 Å². The molecule has 130 valence electrons. The van der Waals surface area contributed by atoms with Crippen molar-refractivity contribution in [2.75, 3.05) is 18.4 Å². The molecule has 2 amide bonds. The van der Waals surface area contributed by atoms with Crippen molar-refractivity contribution in [3.63, 3.8) is 0 Å². The highest BCUT2D eigenvalue weighted by Gasteiger charge is 2.13. The van der Waals surface area contributed by atoms with Crippen molar-refractivity contribution < 1.29 is 9.59 Å². The summed E-state index contributed by atoms with van der Waals surface area (Å²) in [4.78, 5) is 25.9. The molecule has 1 aromatic rings. The van der Waals surface area contributed by atoms with E-state index in [1.165, 1.54) is 0 Å². The molecule has 2 N–H and O–H groups in total. The van der Waals surface area contributed by atoms with Crippen LogP contribution < -0.4 is 5.32 Å². The normalized spacial score (nSPS) is 10.8. The van der Waals surface area contributed by atoms with E-state index in [9.17, 15) is 9.59 Å². The molecule has 0 atom stereocenters. The summed E-state index contributed by atoms with van der Waals surface area (Å²) in [7, 11) is 0. The van der Waals surface area contributed by atoms with E-state index >= 15 is 0 Å². The van der Waals surface area contributed by atoms with Gasteiger partial charge >= 0.3 is 0 Å². The zero-order valence-corrected chi connectivity index (χ0v) is 14.8. The fourth-order valence-corrected chi connectivity index (χ4v) is 2.36. The van der Waals surface area contributed by atoms with Crippen LogP contribution in [0.25, 0.3) is 0 Å². The second kappa shape index (κ2) is 10.0. The van der Waals surface area contributed by atoms with Crippen LogP contribution in [0.5, 0.6) is 0 Å². The summed E-state index contributed by atoms with van der Waals surface area (Å²) in [6, 6.07) is 1.85. The Morgan fingerprint density at radius 3 is 2.39 bits per heavy atom. The molecule has 0 saturated heterocycles. The van der Waals surface area contributed by atoms with Crippen molar-refractivity contribution in [3.8, 4) is 0 Å². The second-order valence-electron chi connectivity index (χ2n) is 6.15. The fraction of sp³-hybridized carbons (Fsp3) is 0.706. The van der Waals surface area contributed by atoms with E-state index in [2.05, 4.69) is 43.2 Å². The molecule has 6 nitrogen and oxygen atoms in total. The number of carbonyl (C=O) groups excluding carboxylic acids is 2. The number of aromatic amines is 1. The smallest absolute Gasteiger partial charge is 0.225 e. The molecule has 0 aliphatic carbocycles. The third-order valence-electron chi connectivity index (χ3n) is 3.62. The SMILES string of the molecule is CCCN(CCC)C(=O)CCCC(=O)Nc1cc(C(C)C)[nH]n1. The van der Waals surface area contributed by atoms with Gasteiger partial charge in [-0.05, 0) is 25.2 Å². The van der Waals surface area contributed by atoms with Gasteiger partial charge < -0.3 is 10.2 Å². The van der Waals surface area contributed by atoms with Crippen LogP contribution >= 0.6 is 0 Å². The van der Waals surface area contributed by atoms with E-state index in [1.54, 1.807) is 0 Å². The standard InChI is InChI=1S/C17H30N4O2/c1-5-10-21(11-6-2)17(23)9-7-8-16(22)18-15-12-14(13(3)4)19-20-15/h12-13H,5-11H2,1-4H3,(H2,18,19,20,22). The first-order valence-corrected chi connectivity index (χ1v) is 8.60. The lowest BCUT2D eigenvalue weighted by molar-refractivity contribution is -0.131. The molecule has 0 aliphatic rings. The first kappa shape index (κ1) is 19.2. The predicted molar refractivity (Wildman–Crippen MR) is 92.3 cm³/mol. The van der Waals surface area contributed by atoms with E-state index < -0.39 is 0 Å². The molecule has 1 aromatic heterocycles. The molecule has 0 aromatic carbocycles. The second-order valence-corrected chi connectivity index (χ2v) is 6.15. The zero-order valence-electron chi connectivity index (χ0n) is 14.8. The Morgan fingerprint density at radius 1 is 1.22 bits per heavy atom. The number of nitrogens with zero attached hydrogens (tertiary/aromatic N) is 2. The van der Waals surface area contributed by atoms with Gasteiger partial charge in [-0.3, -0.25) is 14.7 Å². The van der Waals surface area contributed by atoms with Crippen LogP contribution in [0.2, 0.25) is 0 Å². The number of amides is 2. The molecule has 0 unspecified atom stereocenters. The number of nitrogens with one attached hydrogen (secondary N) is 2. The van der Waals surface area contributed by atoms with Gasteiger partial charge in [0, 0.05) is 37.7 Å². The third-order valence-corrected chi connectivity index (χ3v) is 3.62. The van der Waals surface area contributed by atoms with Crippen LogP contribution in [-0.2, 0) is 9.59 Å². The van der Waals surface area contributed by atoms with Crippen LogP contribution in [0.4, 0.5) is 5.82 Å². The number of hydrogen-bond donors (Lipinski definition) is 2. The van der Waals surface area contributed by atoms with Crippen LogP contribution in [0.1, 0.15) is 71.4 Å². The Hall–Kier alpha value is -1.85. The molecule has 1 heterocycles. The lowest BCUT2D eigenvalue weighted by atomic mass is 10.1. The first-order valence-electron chi connectivity index (χ1n) is 8.60. The Labute approximate surface area is 139 Å². The van der Waals surface area contributed by atoms with Gasteiger partial charge in [-0.2, -0.15) is 5.10 Å². The quantitative estimate of drug-likeness (QED) is 0.694. The number of H-pyrrole nitrogens is 1. The van der Waals surface area contributed by atoms with Gasteiger partial charge in [0.25, 0.3) is 0 Å². The van der Waals surface area contributed by atoms with E-state index in [4.69, 9.17) is 0 Å². The Balaban J connectivity index is 2.33. The Morgan fingerprint density at radius 2 is 1.87 bits per heavy atom. The van der Waals surface area contributed by atoms with E-state index in [0.29, 0.717) is 31.0 Å². The lowest BCUT2D eigenvalue weighted by Gasteiger charge is -2.21. The predicted octanol–water partition coefficient (Wildman–Crippen LogP) is 3.29. The highest BCUT2D eigenvalue weighted by atomic mass is 16.2. The monoisotopic (exact) mass is 322 g/mol. The maximum atomic E-state index is 12.1. The molecule has 0 aliphatic heterocycles. The highest BCUT2D eigenvalue weighted by molar-refractivity contribution is 5.90. The summed E-state index contributed by atoms with van der Waals surface area (Å²) in [6.07, 6.45) is 3.25. The van der Waals surface area contributed by atoms with Crippen molar-refractivity contribution in [1.82, 2.24) is 15.1 Å². The zero-order chi connectivity index (χ0) is 17.2. The van der Waals surface area contributed by atoms with Crippen LogP contribution in [0.3, 0.4) is 0 Å². The van der Waals surface area contributed by atoms with E-state index in [-0.39, 0.29) is 11.8 Å². The van der Waals surface area contributed by atoms with Gasteiger partial charge in [0.05, 0.1) is 0 Å². The lowest BCUT2D eigenvalue weighted by Crippen LogP contribution is -2.32. The summed E-state index contributed by atoms with van der Waals surface area (Å²) in [5.74, 6) is 0.929. The molecular formula is C17H30N4O2. The molecule has 0 bridgehead atoms. The van der Waals surface area contributed by atoms with Gasteiger partial charge in [-0.25, -0.2) is 0 Å². The van der Waals surface area contributed by atoms with Gasteiger partial charge in [-0.15, -0.1) is 0 Å². The maximum Gasteiger partial charge on any atom is 0.225 e. The number of aromatic nitrogens is 2. The molecular weight excluding hydrogens is 292 g/mol. The minimum absolute atomic E-state index is 0.0999. The van der Waals surface area contributed by atoms with Crippen molar-refractivity contribution in [2.45, 2.75) is 65.7 Å². The Bertz CT molecular complexity index is 491. The van der Waals surface area contributed by atoms with Gasteiger partial charge in [0.1, 0.15) is 0 Å². The minimum atomic E-state index is -0.0999. The average molecular weight is 322 g/mol. The number of rotatable bonds is 10. The van der Waals surface area contributed by atoms with E-state index in [1.807, 2.05) is 11.0 Å². The molecule has 1 rings (SSSR count). The fourth-order valence-electron chi connectivity index (χ4n) is 2.36. The molecule has 23 heavy (non-hydrogen) atoms. The first-order chi connectivity index (χ1) is 11.0. The number of anilines is 1. The maximum absolute atomic E-state index is 12.1. The summed E-state index contributed by atoms with van der Waals surface area (Å²) in [5.41, 5.74) is 0.991. The van der Waals surface area contributed by atoms with E-state index in [0.717, 1.165) is 31.6 Å². The summed E-state index contributed by atoms with van der Waals surface area (Å²) >= 11 is 0. The summed E-state index contributed by atoms with van der Waals surface area (Å²) in [5, 5.41) is 9.73. The van der Waals surface area contributed by atoms with Crippen molar-refractivity contribution >= 4 is 17.6 Å². The van der Waals surface area contributed by atoms with Crippen molar-refractivity contribution in [1.29, 1.82) is 0 Å². The number of carbonyl (C=O) groups is 2. The van der Waals surface area contributed by atoms with Gasteiger partial charge in [-0.1, -0.05) is 27.7 Å².